The van der Waals surface area contributed by atoms with Crippen molar-refractivity contribution in [1.29, 1.82) is 0 Å². The van der Waals surface area contributed by atoms with E-state index in [2.05, 4.69) is 34.3 Å². The first kappa shape index (κ1) is 22.3. The summed E-state index contributed by atoms with van der Waals surface area (Å²) in [5.41, 5.74) is 3.53. The van der Waals surface area contributed by atoms with Crippen molar-refractivity contribution in [3.63, 3.8) is 0 Å². The quantitative estimate of drug-likeness (QED) is 0.406. The van der Waals surface area contributed by atoms with Crippen molar-refractivity contribution in [2.75, 3.05) is 31.7 Å². The van der Waals surface area contributed by atoms with E-state index in [0.717, 1.165) is 35.5 Å². The third kappa shape index (κ3) is 4.69. The number of fused-ring (bicyclic) bond motifs is 1. The summed E-state index contributed by atoms with van der Waals surface area (Å²) in [6, 6.07) is 7.62. The van der Waals surface area contributed by atoms with E-state index in [1.807, 2.05) is 24.3 Å². The highest BCUT2D eigenvalue weighted by Crippen LogP contribution is 2.14. The molecule has 0 aliphatic carbocycles. The molecule has 2 aromatic heterocycles. The molecule has 2 heterocycles. The molecular formula is C21H29N7O3. The molecule has 0 unspecified atom stereocenters. The number of likely N-dealkylation sites (N-methyl/N-ethyl adjacent to an activating group) is 1. The number of nitrogens with one attached hydrogen (secondary N) is 1. The molecule has 0 radical (unpaired) electrons. The maximum absolute atomic E-state index is 12.4. The molecule has 3 rings (SSSR count). The van der Waals surface area contributed by atoms with Crippen LogP contribution in [-0.2, 0) is 21.1 Å². The topological polar surface area (TPSA) is 98.7 Å². The van der Waals surface area contributed by atoms with Crippen molar-refractivity contribution in [3.05, 3.63) is 50.7 Å². The molecule has 10 heteroatoms. The van der Waals surface area contributed by atoms with Crippen molar-refractivity contribution in [2.45, 2.75) is 13.8 Å². The molecule has 0 aliphatic heterocycles. The van der Waals surface area contributed by atoms with Crippen LogP contribution in [0.15, 0.2) is 39.0 Å². The van der Waals surface area contributed by atoms with Gasteiger partial charge < -0.3 is 14.2 Å². The van der Waals surface area contributed by atoms with Crippen LogP contribution in [0.2, 0.25) is 0 Å². The van der Waals surface area contributed by atoms with E-state index < -0.39 is 11.2 Å². The van der Waals surface area contributed by atoms with E-state index in [1.54, 1.807) is 24.9 Å². The van der Waals surface area contributed by atoms with E-state index >= 15 is 0 Å². The minimum Gasteiger partial charge on any atom is -0.492 e. The summed E-state index contributed by atoms with van der Waals surface area (Å²) in [4.78, 5) is 31.2. The van der Waals surface area contributed by atoms with E-state index in [4.69, 9.17) is 4.74 Å². The Kier molecular flexibility index (Phi) is 6.91. The van der Waals surface area contributed by atoms with Crippen LogP contribution >= 0.6 is 0 Å². The predicted octanol–water partition coefficient (Wildman–Crippen LogP) is 1.14. The van der Waals surface area contributed by atoms with Crippen molar-refractivity contribution in [2.24, 2.45) is 26.2 Å². The summed E-state index contributed by atoms with van der Waals surface area (Å²) in [7, 11) is 4.72. The van der Waals surface area contributed by atoms with Crippen molar-refractivity contribution in [3.8, 4) is 5.75 Å². The first-order valence-electron chi connectivity index (χ1n) is 10.2. The lowest BCUT2D eigenvalue weighted by molar-refractivity contribution is 0.223. The number of imidazole rings is 1. The second-order valence-corrected chi connectivity index (χ2v) is 7.19. The zero-order valence-electron chi connectivity index (χ0n) is 18.6. The third-order valence-electron chi connectivity index (χ3n) is 5.30. The smallest absolute Gasteiger partial charge is 0.332 e. The number of hydrogen-bond acceptors (Lipinski definition) is 7. The van der Waals surface area contributed by atoms with E-state index in [1.165, 1.54) is 11.6 Å². The Morgan fingerprint density at radius 1 is 1.06 bits per heavy atom. The molecule has 1 N–H and O–H groups in total. The molecule has 0 fully saturated rings. The van der Waals surface area contributed by atoms with Crippen LogP contribution in [0, 0.1) is 0 Å². The summed E-state index contributed by atoms with van der Waals surface area (Å²) in [6.07, 6.45) is 1.65. The molecule has 1 aromatic carbocycles. The summed E-state index contributed by atoms with van der Waals surface area (Å²) >= 11 is 0. The van der Waals surface area contributed by atoms with Gasteiger partial charge in [-0.15, -0.1) is 0 Å². The minimum atomic E-state index is -0.426. The molecule has 0 amide bonds. The van der Waals surface area contributed by atoms with Gasteiger partial charge in [0.25, 0.3) is 5.56 Å². The Morgan fingerprint density at radius 2 is 1.74 bits per heavy atom. The summed E-state index contributed by atoms with van der Waals surface area (Å²) in [6.45, 7) is 7.84. The van der Waals surface area contributed by atoms with Crippen molar-refractivity contribution in [1.82, 2.24) is 23.6 Å². The zero-order chi connectivity index (χ0) is 22.5. The average Bonchev–Trinajstić information content (AvgIpc) is 3.11. The van der Waals surface area contributed by atoms with Crippen molar-refractivity contribution >= 4 is 23.3 Å². The van der Waals surface area contributed by atoms with Gasteiger partial charge in [-0.25, -0.2) is 10.2 Å². The van der Waals surface area contributed by atoms with Gasteiger partial charge in [0.2, 0.25) is 5.95 Å². The molecule has 0 atom stereocenters. The van der Waals surface area contributed by atoms with Crippen LogP contribution in [0.5, 0.6) is 5.75 Å². The average molecular weight is 428 g/mol. The zero-order valence-corrected chi connectivity index (χ0v) is 18.6. The van der Waals surface area contributed by atoms with Crippen molar-refractivity contribution < 1.29 is 4.74 Å². The normalized spacial score (nSPS) is 11.7. The molecule has 0 spiro atoms. The van der Waals surface area contributed by atoms with Crippen LogP contribution in [0.1, 0.15) is 19.4 Å². The number of aryl methyl sites for hydroxylation is 2. The summed E-state index contributed by atoms with van der Waals surface area (Å²) < 4.78 is 9.77. The Labute approximate surface area is 180 Å². The maximum atomic E-state index is 12.4. The second kappa shape index (κ2) is 9.61. The van der Waals surface area contributed by atoms with Crippen LogP contribution in [0.4, 0.5) is 5.95 Å². The monoisotopic (exact) mass is 427 g/mol. The molecule has 3 aromatic rings. The number of aromatic nitrogens is 4. The number of benzene rings is 1. The number of nitrogens with zero attached hydrogens (tertiary/aromatic N) is 6. The van der Waals surface area contributed by atoms with Gasteiger partial charge in [0.05, 0.1) is 6.21 Å². The Balaban J connectivity index is 1.67. The van der Waals surface area contributed by atoms with Crippen LogP contribution in [0.3, 0.4) is 0 Å². The largest absolute Gasteiger partial charge is 0.492 e. The van der Waals surface area contributed by atoms with E-state index in [-0.39, 0.29) is 0 Å². The van der Waals surface area contributed by atoms with Gasteiger partial charge in [-0.2, -0.15) is 10.1 Å². The van der Waals surface area contributed by atoms with Crippen LogP contribution in [0.25, 0.3) is 11.2 Å². The number of ether oxygens (including phenoxy) is 1. The molecule has 166 valence electrons. The molecule has 0 saturated heterocycles. The van der Waals surface area contributed by atoms with Crippen LogP contribution in [-0.4, -0.2) is 56.0 Å². The third-order valence-corrected chi connectivity index (χ3v) is 5.30. The SMILES string of the molecule is CCN(CC)CCOc1ccc(/C=N\Nc2nc3c(c(=O)n(C)c(=O)n3C)n2C)cc1. The Morgan fingerprint density at radius 3 is 2.39 bits per heavy atom. The van der Waals surface area contributed by atoms with E-state index in [0.29, 0.717) is 23.7 Å². The summed E-state index contributed by atoms with van der Waals surface area (Å²) in [5.74, 6) is 1.17. The van der Waals surface area contributed by atoms with Gasteiger partial charge >= 0.3 is 5.69 Å². The fraction of sp³-hybridized carbons (Fsp3) is 0.429. The maximum Gasteiger partial charge on any atom is 0.332 e. The van der Waals surface area contributed by atoms with Crippen LogP contribution < -0.4 is 21.4 Å². The lowest BCUT2D eigenvalue weighted by Crippen LogP contribution is -2.37. The molecule has 31 heavy (non-hydrogen) atoms. The minimum absolute atomic E-state index is 0.305. The molecule has 0 saturated carbocycles. The molecule has 0 bridgehead atoms. The predicted molar refractivity (Wildman–Crippen MR) is 122 cm³/mol. The first-order valence-corrected chi connectivity index (χ1v) is 10.2. The number of hydrazone groups is 1. The van der Waals surface area contributed by atoms with Gasteiger partial charge in [0.15, 0.2) is 11.2 Å². The van der Waals surface area contributed by atoms with Gasteiger partial charge in [-0.05, 0) is 42.9 Å². The number of anilines is 1. The standard InChI is InChI=1S/C21H29N7O3/c1-6-28(7-2)12-13-31-16-10-8-15(9-11-16)14-22-24-20-23-18-17(25(20)3)19(29)27(5)21(30)26(18)4/h8-11,14H,6-7,12-13H2,1-5H3,(H,23,24)/b22-14-. The lowest BCUT2D eigenvalue weighted by Gasteiger charge is -2.17. The molecule has 10 nitrogen and oxygen atoms in total. The van der Waals surface area contributed by atoms with Gasteiger partial charge in [0, 0.05) is 27.7 Å². The highest BCUT2D eigenvalue weighted by Gasteiger charge is 2.16. The molecular weight excluding hydrogens is 398 g/mol. The fourth-order valence-corrected chi connectivity index (χ4v) is 3.27. The first-order chi connectivity index (χ1) is 14.9. The Hall–Kier alpha value is -3.40. The van der Waals surface area contributed by atoms with Gasteiger partial charge in [0.1, 0.15) is 12.4 Å². The highest BCUT2D eigenvalue weighted by atomic mass is 16.5. The highest BCUT2D eigenvalue weighted by molar-refractivity contribution is 5.80. The lowest BCUT2D eigenvalue weighted by atomic mass is 10.2. The summed E-state index contributed by atoms with van der Waals surface area (Å²) in [5, 5.41) is 4.21. The number of hydrogen-bond donors (Lipinski definition) is 1. The number of rotatable bonds is 9. The second-order valence-electron chi connectivity index (χ2n) is 7.19. The van der Waals surface area contributed by atoms with Gasteiger partial charge in [-0.3, -0.25) is 13.9 Å². The van der Waals surface area contributed by atoms with Gasteiger partial charge in [-0.1, -0.05) is 13.8 Å². The fourth-order valence-electron chi connectivity index (χ4n) is 3.27. The Bertz CT molecular complexity index is 1180. The molecule has 0 aliphatic rings. The van der Waals surface area contributed by atoms with E-state index in [9.17, 15) is 9.59 Å².